The van der Waals surface area contributed by atoms with Crippen molar-refractivity contribution < 1.29 is 9.53 Å². The predicted molar refractivity (Wildman–Crippen MR) is 61.0 cm³/mol. The topological polar surface area (TPSA) is 64.3 Å². The number of carbonyl (C=O) groups excluding carboxylic acids is 1. The van der Waals surface area contributed by atoms with Crippen LogP contribution in [0.3, 0.4) is 0 Å². The van der Waals surface area contributed by atoms with Gasteiger partial charge in [0.15, 0.2) is 0 Å². The molecule has 0 aliphatic rings. The average Bonchev–Trinajstić information content (AvgIpc) is 2.23. The van der Waals surface area contributed by atoms with Gasteiger partial charge in [-0.1, -0.05) is 17.7 Å². The van der Waals surface area contributed by atoms with Crippen LogP contribution in [-0.4, -0.2) is 19.1 Å². The number of anilines is 2. The van der Waals surface area contributed by atoms with Crippen molar-refractivity contribution in [3.63, 3.8) is 0 Å². The van der Waals surface area contributed by atoms with Gasteiger partial charge in [-0.2, -0.15) is 0 Å². The van der Waals surface area contributed by atoms with Crippen LogP contribution in [0.5, 0.6) is 0 Å². The molecule has 3 N–H and O–H groups in total. The van der Waals surface area contributed by atoms with Gasteiger partial charge in [-0.05, 0) is 19.1 Å². The largest absolute Gasteiger partial charge is 0.467 e. The molecule has 1 rings (SSSR count). The van der Waals surface area contributed by atoms with Crippen LogP contribution in [0, 0.1) is 0 Å². The van der Waals surface area contributed by atoms with Crippen molar-refractivity contribution in [3.8, 4) is 0 Å². The second kappa shape index (κ2) is 4.89. The Morgan fingerprint density at radius 3 is 2.87 bits per heavy atom. The molecule has 1 atom stereocenters. The van der Waals surface area contributed by atoms with E-state index in [1.807, 2.05) is 0 Å². The number of halogens is 1. The van der Waals surface area contributed by atoms with E-state index in [2.05, 4.69) is 10.1 Å². The second-order valence-corrected chi connectivity index (χ2v) is 3.50. The molecule has 0 spiro atoms. The number of hydrogen-bond donors (Lipinski definition) is 2. The molecule has 0 aromatic heterocycles. The van der Waals surface area contributed by atoms with Gasteiger partial charge in [0.1, 0.15) is 6.04 Å². The average molecular weight is 229 g/mol. The highest BCUT2D eigenvalue weighted by Gasteiger charge is 2.14. The summed E-state index contributed by atoms with van der Waals surface area (Å²) >= 11 is 5.83. The van der Waals surface area contributed by atoms with E-state index in [-0.39, 0.29) is 5.97 Å². The molecular weight excluding hydrogens is 216 g/mol. The van der Waals surface area contributed by atoms with E-state index < -0.39 is 6.04 Å². The minimum atomic E-state index is -0.462. The highest BCUT2D eigenvalue weighted by atomic mass is 35.5. The number of rotatable bonds is 3. The summed E-state index contributed by atoms with van der Waals surface area (Å²) in [4.78, 5) is 11.2. The Kier molecular flexibility index (Phi) is 3.80. The molecule has 0 bridgehead atoms. The fraction of sp³-hybridized carbons (Fsp3) is 0.300. The Morgan fingerprint density at radius 1 is 1.60 bits per heavy atom. The Morgan fingerprint density at radius 2 is 2.27 bits per heavy atom. The molecule has 0 aliphatic carbocycles. The van der Waals surface area contributed by atoms with Crippen molar-refractivity contribution in [2.24, 2.45) is 0 Å². The van der Waals surface area contributed by atoms with Gasteiger partial charge in [-0.3, -0.25) is 0 Å². The maximum Gasteiger partial charge on any atom is 0.327 e. The number of para-hydroxylation sites is 1. The summed E-state index contributed by atoms with van der Waals surface area (Å²) in [5.41, 5.74) is 6.78. The number of carbonyl (C=O) groups is 1. The number of esters is 1. The normalized spacial score (nSPS) is 11.9. The van der Waals surface area contributed by atoms with Crippen molar-refractivity contribution in [1.29, 1.82) is 0 Å². The zero-order valence-electron chi connectivity index (χ0n) is 8.58. The maximum atomic E-state index is 11.2. The first-order chi connectivity index (χ1) is 7.06. The van der Waals surface area contributed by atoms with E-state index >= 15 is 0 Å². The fourth-order valence-electron chi connectivity index (χ4n) is 1.13. The van der Waals surface area contributed by atoms with Gasteiger partial charge in [-0.25, -0.2) is 4.79 Å². The third-order valence-electron chi connectivity index (χ3n) is 1.98. The Balaban J connectivity index is 2.81. The quantitative estimate of drug-likeness (QED) is 0.613. The molecule has 0 amide bonds. The SMILES string of the molecule is COC(=O)C(C)Nc1cccc(Cl)c1N. The lowest BCUT2D eigenvalue weighted by Gasteiger charge is -2.15. The summed E-state index contributed by atoms with van der Waals surface area (Å²) < 4.78 is 4.58. The second-order valence-electron chi connectivity index (χ2n) is 3.09. The minimum Gasteiger partial charge on any atom is -0.467 e. The minimum absolute atomic E-state index is 0.352. The highest BCUT2D eigenvalue weighted by molar-refractivity contribution is 6.33. The molecule has 0 saturated heterocycles. The molecule has 0 radical (unpaired) electrons. The third kappa shape index (κ3) is 2.76. The van der Waals surface area contributed by atoms with Gasteiger partial charge in [-0.15, -0.1) is 0 Å². The third-order valence-corrected chi connectivity index (χ3v) is 2.31. The van der Waals surface area contributed by atoms with Gasteiger partial charge in [0.25, 0.3) is 0 Å². The number of nitrogens with two attached hydrogens (primary N) is 1. The summed E-state index contributed by atoms with van der Waals surface area (Å²) in [7, 11) is 1.34. The van der Waals surface area contributed by atoms with E-state index in [9.17, 15) is 4.79 Å². The van der Waals surface area contributed by atoms with Crippen molar-refractivity contribution in [2.75, 3.05) is 18.2 Å². The lowest BCUT2D eigenvalue weighted by Crippen LogP contribution is -2.27. The molecule has 4 nitrogen and oxygen atoms in total. The monoisotopic (exact) mass is 228 g/mol. The Bertz CT molecular complexity index is 368. The van der Waals surface area contributed by atoms with E-state index in [0.717, 1.165) is 0 Å². The standard InChI is InChI=1S/C10H13ClN2O2/c1-6(10(14)15-2)13-8-5-3-4-7(11)9(8)12/h3-6,13H,12H2,1-2H3. The molecule has 15 heavy (non-hydrogen) atoms. The highest BCUT2D eigenvalue weighted by Crippen LogP contribution is 2.27. The molecule has 1 unspecified atom stereocenters. The summed E-state index contributed by atoms with van der Waals surface area (Å²) in [6.07, 6.45) is 0. The van der Waals surface area contributed by atoms with Crippen molar-refractivity contribution in [1.82, 2.24) is 0 Å². The fourth-order valence-corrected chi connectivity index (χ4v) is 1.31. The first kappa shape index (κ1) is 11.7. The van der Waals surface area contributed by atoms with E-state index in [0.29, 0.717) is 16.4 Å². The number of methoxy groups -OCH3 is 1. The van der Waals surface area contributed by atoms with Crippen LogP contribution in [0.4, 0.5) is 11.4 Å². The maximum absolute atomic E-state index is 11.2. The van der Waals surface area contributed by atoms with E-state index in [4.69, 9.17) is 17.3 Å². The first-order valence-corrected chi connectivity index (χ1v) is 4.82. The number of nitrogens with one attached hydrogen (secondary N) is 1. The van der Waals surface area contributed by atoms with E-state index in [1.54, 1.807) is 25.1 Å². The van der Waals surface area contributed by atoms with Gasteiger partial charge < -0.3 is 15.8 Å². The Labute approximate surface area is 93.4 Å². The van der Waals surface area contributed by atoms with Gasteiger partial charge in [0.05, 0.1) is 23.5 Å². The molecule has 1 aromatic rings. The summed E-state index contributed by atoms with van der Waals surface area (Å²) in [5.74, 6) is -0.352. The van der Waals surface area contributed by atoms with Crippen molar-refractivity contribution >= 4 is 28.9 Å². The van der Waals surface area contributed by atoms with Crippen LogP contribution in [-0.2, 0) is 9.53 Å². The molecule has 5 heteroatoms. The van der Waals surface area contributed by atoms with Gasteiger partial charge >= 0.3 is 5.97 Å². The van der Waals surface area contributed by atoms with Crippen LogP contribution < -0.4 is 11.1 Å². The summed E-state index contributed by atoms with van der Waals surface area (Å²) in [5, 5.41) is 3.37. The lowest BCUT2D eigenvalue weighted by atomic mass is 10.2. The number of ether oxygens (including phenoxy) is 1. The molecule has 0 heterocycles. The van der Waals surface area contributed by atoms with Gasteiger partial charge in [0, 0.05) is 0 Å². The van der Waals surface area contributed by atoms with Gasteiger partial charge in [0.2, 0.25) is 0 Å². The van der Waals surface area contributed by atoms with Crippen molar-refractivity contribution in [2.45, 2.75) is 13.0 Å². The Hall–Kier alpha value is -1.42. The first-order valence-electron chi connectivity index (χ1n) is 4.44. The summed E-state index contributed by atoms with van der Waals surface area (Å²) in [6, 6.07) is 4.73. The molecule has 1 aromatic carbocycles. The zero-order valence-corrected chi connectivity index (χ0v) is 9.34. The molecular formula is C10H13ClN2O2. The number of nitrogen functional groups attached to an aromatic ring is 1. The molecule has 0 saturated carbocycles. The smallest absolute Gasteiger partial charge is 0.327 e. The van der Waals surface area contributed by atoms with Crippen LogP contribution in [0.1, 0.15) is 6.92 Å². The van der Waals surface area contributed by atoms with Crippen LogP contribution in [0.2, 0.25) is 5.02 Å². The molecule has 82 valence electrons. The van der Waals surface area contributed by atoms with Crippen molar-refractivity contribution in [3.05, 3.63) is 23.2 Å². The van der Waals surface area contributed by atoms with Crippen LogP contribution >= 0.6 is 11.6 Å². The number of benzene rings is 1. The van der Waals surface area contributed by atoms with E-state index in [1.165, 1.54) is 7.11 Å². The zero-order chi connectivity index (χ0) is 11.4. The molecule has 0 fully saturated rings. The summed E-state index contributed by atoms with van der Waals surface area (Å²) in [6.45, 7) is 1.69. The van der Waals surface area contributed by atoms with Crippen LogP contribution in [0.25, 0.3) is 0 Å². The van der Waals surface area contributed by atoms with Crippen LogP contribution in [0.15, 0.2) is 18.2 Å². The molecule has 0 aliphatic heterocycles. The predicted octanol–water partition coefficient (Wildman–Crippen LogP) is 1.90. The number of hydrogen-bond acceptors (Lipinski definition) is 4. The lowest BCUT2D eigenvalue weighted by molar-refractivity contribution is -0.141.